The number of H-pyrrole nitrogens is 1. The number of piperidine rings is 1. The normalized spacial score (nSPS) is 16.6. The lowest BCUT2D eigenvalue weighted by molar-refractivity contribution is -0.125. The van der Waals surface area contributed by atoms with Crippen molar-refractivity contribution in [2.24, 2.45) is 5.92 Å². The van der Waals surface area contributed by atoms with Crippen molar-refractivity contribution >= 4 is 22.8 Å². The zero-order chi connectivity index (χ0) is 21.1. The number of aryl methyl sites for hydroxylation is 2. The van der Waals surface area contributed by atoms with Crippen molar-refractivity contribution in [2.45, 2.75) is 33.1 Å². The highest BCUT2D eigenvalue weighted by Gasteiger charge is 2.27. The average molecular weight is 408 g/mol. The Hall–Kier alpha value is -3.09. The number of aromatic nitrogens is 3. The van der Waals surface area contributed by atoms with Gasteiger partial charge in [0.15, 0.2) is 0 Å². The minimum absolute atomic E-state index is 0.0359. The molecule has 158 valence electrons. The van der Waals surface area contributed by atoms with Crippen LogP contribution in [0.2, 0.25) is 0 Å². The molecular formula is C23H29N5O2. The molecule has 3 heterocycles. The van der Waals surface area contributed by atoms with E-state index in [2.05, 4.69) is 25.2 Å². The first-order chi connectivity index (χ1) is 14.5. The number of nitrogens with zero attached hydrogens (tertiary/aromatic N) is 3. The zero-order valence-corrected chi connectivity index (χ0v) is 17.9. The molecule has 4 rings (SSSR count). The van der Waals surface area contributed by atoms with Gasteiger partial charge in [-0.2, -0.15) is 0 Å². The summed E-state index contributed by atoms with van der Waals surface area (Å²) in [4.78, 5) is 27.3. The van der Waals surface area contributed by atoms with Gasteiger partial charge in [-0.15, -0.1) is 0 Å². The maximum atomic E-state index is 12.8. The third-order valence-electron chi connectivity index (χ3n) is 5.71. The molecule has 0 aliphatic carbocycles. The molecule has 1 atom stereocenters. The van der Waals surface area contributed by atoms with Gasteiger partial charge < -0.3 is 19.9 Å². The number of methoxy groups -OCH3 is 1. The molecule has 7 nitrogen and oxygen atoms in total. The molecule has 1 unspecified atom stereocenters. The molecule has 0 radical (unpaired) electrons. The third-order valence-corrected chi connectivity index (χ3v) is 5.71. The number of hydrogen-bond acceptors (Lipinski definition) is 5. The lowest BCUT2D eigenvalue weighted by Crippen LogP contribution is -2.44. The summed E-state index contributed by atoms with van der Waals surface area (Å²) < 4.78 is 5.33. The van der Waals surface area contributed by atoms with E-state index in [0.29, 0.717) is 13.1 Å². The maximum absolute atomic E-state index is 12.8. The molecule has 0 saturated carbocycles. The highest BCUT2D eigenvalue weighted by Crippen LogP contribution is 2.24. The van der Waals surface area contributed by atoms with Gasteiger partial charge in [-0.05, 0) is 62.9 Å². The quantitative estimate of drug-likeness (QED) is 0.656. The zero-order valence-electron chi connectivity index (χ0n) is 17.9. The molecule has 1 saturated heterocycles. The van der Waals surface area contributed by atoms with Crippen molar-refractivity contribution in [3.8, 4) is 5.75 Å². The van der Waals surface area contributed by atoms with E-state index < -0.39 is 0 Å². The van der Waals surface area contributed by atoms with Crippen molar-refractivity contribution < 1.29 is 9.53 Å². The summed E-state index contributed by atoms with van der Waals surface area (Å²) in [6, 6.07) is 7.96. The molecule has 30 heavy (non-hydrogen) atoms. The highest BCUT2D eigenvalue weighted by molar-refractivity contribution is 5.85. The van der Waals surface area contributed by atoms with Crippen LogP contribution in [0.5, 0.6) is 5.75 Å². The molecule has 2 aromatic heterocycles. The Morgan fingerprint density at radius 3 is 2.83 bits per heavy atom. The van der Waals surface area contributed by atoms with Gasteiger partial charge in [0, 0.05) is 48.1 Å². The molecule has 1 aromatic carbocycles. The lowest BCUT2D eigenvalue weighted by atomic mass is 9.97. The minimum Gasteiger partial charge on any atom is -0.497 e. The molecule has 3 aromatic rings. The summed E-state index contributed by atoms with van der Waals surface area (Å²) in [5, 5.41) is 4.27. The summed E-state index contributed by atoms with van der Waals surface area (Å²) in [6.45, 7) is 6.13. The molecular weight excluding hydrogens is 378 g/mol. The van der Waals surface area contributed by atoms with Crippen LogP contribution in [-0.2, 0) is 11.2 Å². The van der Waals surface area contributed by atoms with Crippen molar-refractivity contribution in [2.75, 3.05) is 31.6 Å². The van der Waals surface area contributed by atoms with E-state index >= 15 is 0 Å². The first-order valence-electron chi connectivity index (χ1n) is 10.5. The Kier molecular flexibility index (Phi) is 5.88. The standard InChI is InChI=1S/C23H29N5O2/c1-15-11-16(2)27-23(26-15)28-10-4-5-18(14-28)22(29)24-9-8-17-13-25-21-7-6-19(30-3)12-20(17)21/h6-7,11-13,18,25H,4-5,8-10,14H2,1-3H3,(H,24,29). The van der Waals surface area contributed by atoms with Gasteiger partial charge in [0.05, 0.1) is 13.0 Å². The minimum atomic E-state index is -0.0359. The van der Waals surface area contributed by atoms with Crippen LogP contribution in [0.4, 0.5) is 5.95 Å². The summed E-state index contributed by atoms with van der Waals surface area (Å²) in [5.74, 6) is 1.65. The van der Waals surface area contributed by atoms with Gasteiger partial charge in [0.25, 0.3) is 0 Å². The topological polar surface area (TPSA) is 83.1 Å². The third kappa shape index (κ3) is 4.40. The number of aromatic amines is 1. The molecule has 7 heteroatoms. The van der Waals surface area contributed by atoms with Crippen LogP contribution in [0.15, 0.2) is 30.5 Å². The van der Waals surface area contributed by atoms with Gasteiger partial charge in [-0.25, -0.2) is 9.97 Å². The molecule has 0 bridgehead atoms. The fraction of sp³-hybridized carbons (Fsp3) is 0.435. The Balaban J connectivity index is 1.35. The van der Waals surface area contributed by atoms with E-state index in [4.69, 9.17) is 4.74 Å². The van der Waals surface area contributed by atoms with Crippen molar-refractivity contribution in [1.29, 1.82) is 0 Å². The van der Waals surface area contributed by atoms with E-state index in [1.165, 1.54) is 5.56 Å². The average Bonchev–Trinajstić information content (AvgIpc) is 3.15. The van der Waals surface area contributed by atoms with E-state index in [1.54, 1.807) is 7.11 Å². The smallest absolute Gasteiger partial charge is 0.225 e. The van der Waals surface area contributed by atoms with Gasteiger partial charge >= 0.3 is 0 Å². The SMILES string of the molecule is COc1ccc2[nH]cc(CCNC(=O)C3CCCN(c4nc(C)cc(C)n4)C3)c2c1. The van der Waals surface area contributed by atoms with Crippen LogP contribution in [0, 0.1) is 19.8 Å². The number of benzene rings is 1. The van der Waals surface area contributed by atoms with Crippen molar-refractivity contribution in [3.05, 3.63) is 47.4 Å². The predicted octanol–water partition coefficient (Wildman–Crippen LogP) is 3.16. The molecule has 1 aliphatic heterocycles. The second kappa shape index (κ2) is 8.73. The van der Waals surface area contributed by atoms with Gasteiger partial charge in [0.1, 0.15) is 5.75 Å². The fourth-order valence-electron chi connectivity index (χ4n) is 4.18. The number of carbonyl (C=O) groups excluding carboxylic acids is 1. The second-order valence-electron chi connectivity index (χ2n) is 8.00. The summed E-state index contributed by atoms with van der Waals surface area (Å²) in [6.07, 6.45) is 4.65. The second-order valence-corrected chi connectivity index (χ2v) is 8.00. The molecule has 1 amide bonds. The number of rotatable bonds is 6. The number of amides is 1. The van der Waals surface area contributed by atoms with E-state index in [0.717, 1.165) is 59.8 Å². The number of carbonyl (C=O) groups is 1. The largest absolute Gasteiger partial charge is 0.497 e. The van der Waals surface area contributed by atoms with Crippen LogP contribution < -0.4 is 15.0 Å². The fourth-order valence-corrected chi connectivity index (χ4v) is 4.18. The molecule has 2 N–H and O–H groups in total. The number of fused-ring (bicyclic) bond motifs is 1. The number of anilines is 1. The molecule has 1 fully saturated rings. The summed E-state index contributed by atoms with van der Waals surface area (Å²) in [5.41, 5.74) is 4.17. The first-order valence-corrected chi connectivity index (χ1v) is 10.5. The Labute approximate surface area is 176 Å². The maximum Gasteiger partial charge on any atom is 0.225 e. The van der Waals surface area contributed by atoms with E-state index in [-0.39, 0.29) is 11.8 Å². The van der Waals surface area contributed by atoms with Crippen LogP contribution in [-0.4, -0.2) is 47.6 Å². The predicted molar refractivity (Wildman–Crippen MR) is 118 cm³/mol. The summed E-state index contributed by atoms with van der Waals surface area (Å²) >= 11 is 0. The summed E-state index contributed by atoms with van der Waals surface area (Å²) in [7, 11) is 1.67. The number of ether oxygens (including phenoxy) is 1. The number of hydrogen-bond donors (Lipinski definition) is 2. The van der Waals surface area contributed by atoms with E-state index in [1.807, 2.05) is 44.3 Å². The lowest BCUT2D eigenvalue weighted by Gasteiger charge is -2.32. The Bertz CT molecular complexity index is 1020. The van der Waals surface area contributed by atoms with Crippen LogP contribution in [0.1, 0.15) is 29.8 Å². The van der Waals surface area contributed by atoms with Crippen LogP contribution >= 0.6 is 0 Å². The van der Waals surface area contributed by atoms with Crippen LogP contribution in [0.25, 0.3) is 10.9 Å². The van der Waals surface area contributed by atoms with Crippen molar-refractivity contribution in [3.63, 3.8) is 0 Å². The van der Waals surface area contributed by atoms with E-state index in [9.17, 15) is 4.79 Å². The van der Waals surface area contributed by atoms with Gasteiger partial charge in [-0.3, -0.25) is 4.79 Å². The molecule has 0 spiro atoms. The first kappa shape index (κ1) is 20.2. The Morgan fingerprint density at radius 2 is 2.07 bits per heavy atom. The van der Waals surface area contributed by atoms with Gasteiger partial charge in [-0.1, -0.05) is 0 Å². The van der Waals surface area contributed by atoms with Gasteiger partial charge in [0.2, 0.25) is 11.9 Å². The molecule has 1 aliphatic rings. The highest BCUT2D eigenvalue weighted by atomic mass is 16.5. The Morgan fingerprint density at radius 1 is 1.27 bits per heavy atom. The van der Waals surface area contributed by atoms with Crippen LogP contribution in [0.3, 0.4) is 0 Å². The number of nitrogens with one attached hydrogen (secondary N) is 2. The van der Waals surface area contributed by atoms with Crippen molar-refractivity contribution in [1.82, 2.24) is 20.3 Å². The monoisotopic (exact) mass is 407 g/mol.